The largest absolute Gasteiger partial charge is 0.508 e. The van der Waals surface area contributed by atoms with Crippen LogP contribution in [0.3, 0.4) is 0 Å². The summed E-state index contributed by atoms with van der Waals surface area (Å²) >= 11 is 0. The zero-order valence-electron chi connectivity index (χ0n) is 11.4. The van der Waals surface area contributed by atoms with Crippen molar-refractivity contribution < 1.29 is 29.2 Å². The number of para-hydroxylation sites is 1. The molecule has 0 aliphatic carbocycles. The lowest BCUT2D eigenvalue weighted by molar-refractivity contribution is 0.0842. The van der Waals surface area contributed by atoms with Crippen LogP contribution in [0.25, 0.3) is 0 Å². The van der Waals surface area contributed by atoms with E-state index in [2.05, 4.69) is 0 Å². The molecule has 112 valence electrons. The van der Waals surface area contributed by atoms with Crippen molar-refractivity contribution in [3.63, 3.8) is 0 Å². The number of carbonyl (C=O) groups excluding carboxylic acids is 1. The van der Waals surface area contributed by atoms with Crippen molar-refractivity contribution in [2.45, 2.75) is 12.5 Å². The van der Waals surface area contributed by atoms with E-state index in [1.165, 1.54) is 12.1 Å². The van der Waals surface area contributed by atoms with E-state index in [0.29, 0.717) is 11.3 Å². The van der Waals surface area contributed by atoms with Gasteiger partial charge in [0, 0.05) is 11.6 Å². The predicted molar refractivity (Wildman–Crippen MR) is 74.7 cm³/mol. The average Bonchev–Trinajstić information content (AvgIpc) is 2.96. The van der Waals surface area contributed by atoms with Gasteiger partial charge in [0.1, 0.15) is 23.2 Å². The van der Waals surface area contributed by atoms with E-state index in [9.17, 15) is 15.0 Å². The van der Waals surface area contributed by atoms with Crippen molar-refractivity contribution in [1.29, 1.82) is 0 Å². The lowest BCUT2D eigenvalue weighted by Gasteiger charge is -2.26. The number of carbonyl (C=O) groups is 1. The maximum absolute atomic E-state index is 12.4. The van der Waals surface area contributed by atoms with Gasteiger partial charge in [0.25, 0.3) is 0 Å². The van der Waals surface area contributed by atoms with Crippen LogP contribution >= 0.6 is 0 Å². The van der Waals surface area contributed by atoms with Crippen molar-refractivity contribution in [1.82, 2.24) is 0 Å². The summed E-state index contributed by atoms with van der Waals surface area (Å²) in [6.07, 6.45) is -0.585. The smallest absolute Gasteiger partial charge is 0.231 e. The maximum Gasteiger partial charge on any atom is 0.231 e. The molecule has 0 saturated carbocycles. The average molecular weight is 300 g/mol. The highest BCUT2D eigenvalue weighted by atomic mass is 16.7. The standard InChI is InChI=1S/C16H12O6/c17-9-4-2-1-3-8(9)11-5-10(18)14-12(22-11)6-13-16(15(14)19)21-7-20-13/h1-4,6,11,17,19H,5,7H2/t11-/m0/s1. The Balaban J connectivity index is 1.80. The number of fused-ring (bicyclic) bond motifs is 2. The molecule has 2 heterocycles. The Morgan fingerprint density at radius 1 is 1.09 bits per heavy atom. The Kier molecular flexibility index (Phi) is 2.66. The second-order valence-corrected chi connectivity index (χ2v) is 5.12. The van der Waals surface area contributed by atoms with Gasteiger partial charge in [-0.3, -0.25) is 4.79 Å². The molecule has 0 radical (unpaired) electrons. The summed E-state index contributed by atoms with van der Waals surface area (Å²) in [5, 5.41) is 20.1. The lowest BCUT2D eigenvalue weighted by atomic mass is 9.94. The number of phenols is 2. The van der Waals surface area contributed by atoms with Gasteiger partial charge in [0.05, 0.1) is 6.42 Å². The van der Waals surface area contributed by atoms with E-state index < -0.39 is 6.10 Å². The Bertz CT molecular complexity index is 782. The Hall–Kier alpha value is -2.89. The summed E-state index contributed by atoms with van der Waals surface area (Å²) < 4.78 is 16.2. The Labute approximate surface area is 125 Å². The van der Waals surface area contributed by atoms with E-state index in [1.54, 1.807) is 18.2 Å². The first-order valence-electron chi connectivity index (χ1n) is 6.78. The number of ketones is 1. The van der Waals surface area contributed by atoms with Crippen LogP contribution in [0.2, 0.25) is 0 Å². The first-order chi connectivity index (χ1) is 10.6. The minimum atomic E-state index is -0.610. The van der Waals surface area contributed by atoms with Crippen molar-refractivity contribution >= 4 is 5.78 Å². The summed E-state index contributed by atoms with van der Waals surface area (Å²) in [7, 11) is 0. The zero-order valence-corrected chi connectivity index (χ0v) is 11.4. The monoisotopic (exact) mass is 300 g/mol. The van der Waals surface area contributed by atoms with Gasteiger partial charge in [-0.2, -0.15) is 0 Å². The molecule has 2 aliphatic rings. The highest BCUT2D eigenvalue weighted by Gasteiger charge is 2.35. The molecule has 0 bridgehead atoms. The molecule has 1 atom stereocenters. The Morgan fingerprint density at radius 3 is 2.73 bits per heavy atom. The van der Waals surface area contributed by atoms with E-state index in [1.807, 2.05) is 0 Å². The first-order valence-corrected chi connectivity index (χ1v) is 6.78. The second kappa shape index (κ2) is 4.56. The van der Waals surface area contributed by atoms with Gasteiger partial charge in [0.15, 0.2) is 17.3 Å². The topological polar surface area (TPSA) is 85.2 Å². The number of hydrogen-bond acceptors (Lipinski definition) is 6. The number of hydrogen-bond donors (Lipinski definition) is 2. The summed E-state index contributed by atoms with van der Waals surface area (Å²) in [5.41, 5.74) is 0.620. The van der Waals surface area contributed by atoms with Crippen LogP contribution < -0.4 is 14.2 Å². The Morgan fingerprint density at radius 2 is 1.91 bits per heavy atom. The van der Waals surface area contributed by atoms with Crippen molar-refractivity contribution in [3.8, 4) is 28.7 Å². The molecule has 0 aromatic heterocycles. The summed E-state index contributed by atoms with van der Waals surface area (Å²) in [4.78, 5) is 12.4. The van der Waals surface area contributed by atoms with Gasteiger partial charge in [-0.25, -0.2) is 0 Å². The molecule has 0 unspecified atom stereocenters. The van der Waals surface area contributed by atoms with E-state index in [0.717, 1.165) is 0 Å². The normalized spacial score (nSPS) is 18.7. The quantitative estimate of drug-likeness (QED) is 0.842. The molecule has 6 nitrogen and oxygen atoms in total. The summed E-state index contributed by atoms with van der Waals surface area (Å²) in [6.45, 7) is -0.0110. The van der Waals surface area contributed by atoms with Crippen molar-refractivity contribution in [3.05, 3.63) is 41.5 Å². The van der Waals surface area contributed by atoms with Gasteiger partial charge in [0.2, 0.25) is 12.5 Å². The lowest BCUT2D eigenvalue weighted by Crippen LogP contribution is -2.20. The third kappa shape index (κ3) is 1.77. The minimum absolute atomic E-state index is 0.0110. The molecule has 6 heteroatoms. The third-order valence-corrected chi connectivity index (χ3v) is 3.80. The number of benzene rings is 2. The van der Waals surface area contributed by atoms with Crippen LogP contribution in [-0.4, -0.2) is 22.8 Å². The van der Waals surface area contributed by atoms with Crippen LogP contribution in [0.4, 0.5) is 0 Å². The third-order valence-electron chi connectivity index (χ3n) is 3.80. The fraction of sp³-hybridized carbons (Fsp3) is 0.188. The molecular weight excluding hydrogens is 288 g/mol. The van der Waals surface area contributed by atoms with Crippen LogP contribution in [-0.2, 0) is 0 Å². The number of rotatable bonds is 1. The molecule has 0 saturated heterocycles. The number of aromatic hydroxyl groups is 2. The summed E-state index contributed by atoms with van der Waals surface area (Å²) in [5.74, 6) is 0.259. The fourth-order valence-corrected chi connectivity index (χ4v) is 2.76. The maximum atomic E-state index is 12.4. The molecule has 2 aliphatic heterocycles. The molecule has 0 fully saturated rings. The molecule has 2 aromatic carbocycles. The van der Waals surface area contributed by atoms with Gasteiger partial charge in [-0.1, -0.05) is 18.2 Å². The molecule has 0 spiro atoms. The van der Waals surface area contributed by atoms with Crippen LogP contribution in [0.1, 0.15) is 28.4 Å². The second-order valence-electron chi connectivity index (χ2n) is 5.12. The van der Waals surface area contributed by atoms with Gasteiger partial charge < -0.3 is 24.4 Å². The van der Waals surface area contributed by atoms with Gasteiger partial charge in [-0.05, 0) is 6.07 Å². The molecule has 22 heavy (non-hydrogen) atoms. The van der Waals surface area contributed by atoms with E-state index >= 15 is 0 Å². The number of Topliss-reactive ketones (excluding diaryl/α,β-unsaturated/α-hetero) is 1. The van der Waals surface area contributed by atoms with Crippen LogP contribution in [0.15, 0.2) is 30.3 Å². The van der Waals surface area contributed by atoms with Crippen LogP contribution in [0.5, 0.6) is 28.7 Å². The van der Waals surface area contributed by atoms with Crippen molar-refractivity contribution in [2.24, 2.45) is 0 Å². The molecule has 4 rings (SSSR count). The minimum Gasteiger partial charge on any atom is -0.508 e. The zero-order chi connectivity index (χ0) is 15.3. The molecule has 2 N–H and O–H groups in total. The highest BCUT2D eigenvalue weighted by molar-refractivity contribution is 6.03. The fourth-order valence-electron chi connectivity index (χ4n) is 2.76. The predicted octanol–water partition coefficient (Wildman–Crippen LogP) is 2.53. The molecule has 0 amide bonds. The summed E-state index contributed by atoms with van der Waals surface area (Å²) in [6, 6.07) is 8.22. The van der Waals surface area contributed by atoms with Crippen molar-refractivity contribution in [2.75, 3.05) is 6.79 Å². The van der Waals surface area contributed by atoms with E-state index in [-0.39, 0.29) is 47.6 Å². The number of ether oxygens (including phenoxy) is 3. The van der Waals surface area contributed by atoms with E-state index in [4.69, 9.17) is 14.2 Å². The SMILES string of the molecule is O=C1C[C@@H](c2ccccc2O)Oc2cc3c(c(O)c21)OCO3. The van der Waals surface area contributed by atoms with Gasteiger partial charge in [-0.15, -0.1) is 0 Å². The first kappa shape index (κ1) is 12.8. The van der Waals surface area contributed by atoms with Gasteiger partial charge >= 0.3 is 0 Å². The van der Waals surface area contributed by atoms with Crippen LogP contribution in [0, 0.1) is 0 Å². The molecular formula is C16H12O6. The number of phenolic OH excluding ortho intramolecular Hbond substituents is 2. The highest BCUT2D eigenvalue weighted by Crippen LogP contribution is 2.50. The molecule has 2 aromatic rings.